The standard InChI is InChI=1S/C20H25N3O.C2HF3O2/c24-20(19-18-8-4-3-7-17(18)9-10-21-19)23-13-11-22(12-14-23)15-16-5-1-2-6-16;3-2(4,5)1(6)7/h3-4,7-10,16H,1-2,5-6,11-15H2;(H,6,7). The highest BCUT2D eigenvalue weighted by molar-refractivity contribution is 6.05. The number of aromatic nitrogens is 1. The number of halogens is 3. The molecular weight excluding hydrogens is 411 g/mol. The number of carbonyl (C=O) groups is 2. The summed E-state index contributed by atoms with van der Waals surface area (Å²) in [5.41, 5.74) is 0.595. The van der Waals surface area contributed by atoms with Crippen LogP contribution >= 0.6 is 0 Å². The van der Waals surface area contributed by atoms with Gasteiger partial charge in [-0.15, -0.1) is 0 Å². The van der Waals surface area contributed by atoms with Crippen LogP contribution in [0.3, 0.4) is 0 Å². The van der Waals surface area contributed by atoms with Crippen molar-refractivity contribution in [1.82, 2.24) is 14.8 Å². The lowest BCUT2D eigenvalue weighted by atomic mass is 10.1. The number of amides is 1. The van der Waals surface area contributed by atoms with Gasteiger partial charge in [-0.25, -0.2) is 4.79 Å². The van der Waals surface area contributed by atoms with Gasteiger partial charge < -0.3 is 10.0 Å². The highest BCUT2D eigenvalue weighted by Gasteiger charge is 2.38. The van der Waals surface area contributed by atoms with Crippen LogP contribution in [0, 0.1) is 5.92 Å². The van der Waals surface area contributed by atoms with Gasteiger partial charge in [-0.2, -0.15) is 13.2 Å². The van der Waals surface area contributed by atoms with Crippen LogP contribution in [0.1, 0.15) is 36.2 Å². The SMILES string of the molecule is O=C(O)C(F)(F)F.O=C(c1nccc2ccccc12)N1CCN(CC2CCCC2)CC1. The van der Waals surface area contributed by atoms with Crippen LogP contribution in [0.15, 0.2) is 36.5 Å². The minimum atomic E-state index is -5.08. The van der Waals surface area contributed by atoms with Gasteiger partial charge in [-0.3, -0.25) is 14.7 Å². The molecular formula is C22H26F3N3O3. The van der Waals surface area contributed by atoms with Crippen LogP contribution < -0.4 is 0 Å². The molecule has 0 unspecified atom stereocenters. The van der Waals surface area contributed by atoms with Gasteiger partial charge in [0, 0.05) is 44.3 Å². The zero-order valence-electron chi connectivity index (χ0n) is 17.1. The second kappa shape index (κ2) is 10.1. The van der Waals surface area contributed by atoms with Gasteiger partial charge in [0.25, 0.3) is 5.91 Å². The lowest BCUT2D eigenvalue weighted by Crippen LogP contribution is -2.49. The predicted molar refractivity (Wildman–Crippen MR) is 110 cm³/mol. The number of rotatable bonds is 3. The summed E-state index contributed by atoms with van der Waals surface area (Å²) in [6.07, 6.45) is 2.23. The van der Waals surface area contributed by atoms with Crippen LogP contribution in [-0.2, 0) is 4.79 Å². The zero-order chi connectivity index (χ0) is 22.4. The van der Waals surface area contributed by atoms with E-state index in [0.717, 1.165) is 42.9 Å². The van der Waals surface area contributed by atoms with Crippen molar-refractivity contribution in [1.29, 1.82) is 0 Å². The molecule has 31 heavy (non-hydrogen) atoms. The van der Waals surface area contributed by atoms with E-state index in [0.29, 0.717) is 5.69 Å². The number of nitrogens with zero attached hydrogens (tertiary/aromatic N) is 3. The summed E-state index contributed by atoms with van der Waals surface area (Å²) in [6, 6.07) is 9.96. The van der Waals surface area contributed by atoms with E-state index in [1.165, 1.54) is 32.2 Å². The van der Waals surface area contributed by atoms with Crippen LogP contribution in [0.4, 0.5) is 13.2 Å². The smallest absolute Gasteiger partial charge is 0.475 e. The van der Waals surface area contributed by atoms with Crippen molar-refractivity contribution in [3.63, 3.8) is 0 Å². The van der Waals surface area contributed by atoms with Crippen molar-refractivity contribution in [2.45, 2.75) is 31.9 Å². The Hall–Kier alpha value is -2.68. The van der Waals surface area contributed by atoms with Crippen LogP contribution in [0.25, 0.3) is 10.8 Å². The first-order chi connectivity index (χ1) is 14.8. The number of benzene rings is 1. The summed E-state index contributed by atoms with van der Waals surface area (Å²) in [5.74, 6) is -1.80. The molecule has 1 aliphatic carbocycles. The maximum absolute atomic E-state index is 12.9. The van der Waals surface area contributed by atoms with Gasteiger partial charge in [0.15, 0.2) is 0 Å². The summed E-state index contributed by atoms with van der Waals surface area (Å²) >= 11 is 0. The van der Waals surface area contributed by atoms with Crippen molar-refractivity contribution in [2.75, 3.05) is 32.7 Å². The molecule has 2 aliphatic rings. The van der Waals surface area contributed by atoms with E-state index in [1.54, 1.807) is 6.20 Å². The third-order valence-electron chi connectivity index (χ3n) is 5.77. The van der Waals surface area contributed by atoms with E-state index >= 15 is 0 Å². The molecule has 1 aromatic heterocycles. The van der Waals surface area contributed by atoms with E-state index in [-0.39, 0.29) is 5.91 Å². The average molecular weight is 437 g/mol. The van der Waals surface area contributed by atoms with Crippen molar-refractivity contribution < 1.29 is 27.9 Å². The van der Waals surface area contributed by atoms with Crippen molar-refractivity contribution in [2.24, 2.45) is 5.92 Å². The molecule has 1 saturated heterocycles. The number of hydrogen-bond acceptors (Lipinski definition) is 4. The van der Waals surface area contributed by atoms with Crippen molar-refractivity contribution in [3.8, 4) is 0 Å². The maximum Gasteiger partial charge on any atom is 0.490 e. The molecule has 9 heteroatoms. The number of hydrogen-bond donors (Lipinski definition) is 1. The fourth-order valence-corrected chi connectivity index (χ4v) is 4.13. The monoisotopic (exact) mass is 437 g/mol. The minimum absolute atomic E-state index is 0.0762. The first-order valence-corrected chi connectivity index (χ1v) is 10.4. The average Bonchev–Trinajstić information content (AvgIpc) is 3.26. The molecule has 4 rings (SSSR count). The quantitative estimate of drug-likeness (QED) is 0.791. The van der Waals surface area contributed by atoms with Gasteiger partial charge in [-0.05, 0) is 30.2 Å². The molecule has 0 bridgehead atoms. The molecule has 168 valence electrons. The molecule has 0 spiro atoms. The fraction of sp³-hybridized carbons (Fsp3) is 0.500. The lowest BCUT2D eigenvalue weighted by molar-refractivity contribution is -0.192. The molecule has 1 N–H and O–H groups in total. The van der Waals surface area contributed by atoms with E-state index in [9.17, 15) is 18.0 Å². The Balaban J connectivity index is 0.000000339. The zero-order valence-corrected chi connectivity index (χ0v) is 17.1. The summed E-state index contributed by atoms with van der Waals surface area (Å²) in [7, 11) is 0. The third-order valence-corrected chi connectivity index (χ3v) is 5.77. The minimum Gasteiger partial charge on any atom is -0.475 e. The molecule has 2 heterocycles. The Bertz CT molecular complexity index is 900. The highest BCUT2D eigenvalue weighted by Crippen LogP contribution is 2.26. The molecule has 1 amide bonds. The van der Waals surface area contributed by atoms with Gasteiger partial charge in [-0.1, -0.05) is 37.1 Å². The van der Waals surface area contributed by atoms with Crippen LogP contribution in [-0.4, -0.2) is 70.7 Å². The molecule has 0 atom stereocenters. The first-order valence-electron chi connectivity index (χ1n) is 10.4. The molecule has 2 fully saturated rings. The lowest BCUT2D eigenvalue weighted by Gasteiger charge is -2.35. The Labute approximate surface area is 178 Å². The third kappa shape index (κ3) is 6.16. The summed E-state index contributed by atoms with van der Waals surface area (Å²) in [4.78, 5) is 30.7. The normalized spacial score (nSPS) is 18.0. The Morgan fingerprint density at radius 3 is 2.26 bits per heavy atom. The maximum atomic E-state index is 12.9. The molecule has 1 saturated carbocycles. The van der Waals surface area contributed by atoms with Gasteiger partial charge in [0.2, 0.25) is 0 Å². The van der Waals surface area contributed by atoms with E-state index < -0.39 is 12.1 Å². The largest absolute Gasteiger partial charge is 0.490 e. The number of carboxylic acid groups (broad SMARTS) is 1. The summed E-state index contributed by atoms with van der Waals surface area (Å²) in [5, 5.41) is 9.16. The number of carboxylic acids is 1. The van der Waals surface area contributed by atoms with Crippen molar-refractivity contribution in [3.05, 3.63) is 42.2 Å². The number of aliphatic carboxylic acids is 1. The molecule has 6 nitrogen and oxygen atoms in total. The van der Waals surface area contributed by atoms with Crippen LogP contribution in [0.2, 0.25) is 0 Å². The summed E-state index contributed by atoms with van der Waals surface area (Å²) in [6.45, 7) is 4.83. The number of alkyl halides is 3. The predicted octanol–water partition coefficient (Wildman–Crippen LogP) is 3.82. The van der Waals surface area contributed by atoms with Gasteiger partial charge in [0.05, 0.1) is 0 Å². The van der Waals surface area contributed by atoms with Gasteiger partial charge in [0.1, 0.15) is 5.69 Å². The number of carbonyl (C=O) groups excluding carboxylic acids is 1. The molecule has 0 radical (unpaired) electrons. The number of pyridine rings is 1. The summed E-state index contributed by atoms with van der Waals surface area (Å²) < 4.78 is 31.7. The molecule has 1 aromatic carbocycles. The van der Waals surface area contributed by atoms with Gasteiger partial charge >= 0.3 is 12.1 Å². The fourth-order valence-electron chi connectivity index (χ4n) is 4.13. The highest BCUT2D eigenvalue weighted by atomic mass is 19.4. The Morgan fingerprint density at radius 2 is 1.65 bits per heavy atom. The second-order valence-corrected chi connectivity index (χ2v) is 7.93. The molecule has 1 aliphatic heterocycles. The second-order valence-electron chi connectivity index (χ2n) is 7.93. The van der Waals surface area contributed by atoms with E-state index in [1.807, 2.05) is 35.2 Å². The van der Waals surface area contributed by atoms with Crippen molar-refractivity contribution >= 4 is 22.6 Å². The number of fused-ring (bicyclic) bond motifs is 1. The topological polar surface area (TPSA) is 73.7 Å². The van der Waals surface area contributed by atoms with E-state index in [2.05, 4.69) is 9.88 Å². The Kier molecular flexibility index (Phi) is 7.48. The van der Waals surface area contributed by atoms with E-state index in [4.69, 9.17) is 9.90 Å². The van der Waals surface area contributed by atoms with Crippen LogP contribution in [0.5, 0.6) is 0 Å². The Morgan fingerprint density at radius 1 is 1.03 bits per heavy atom. The molecule has 2 aromatic rings. The first kappa shape index (κ1) is 23.0. The number of piperazine rings is 1.